The van der Waals surface area contributed by atoms with Gasteiger partial charge in [0.1, 0.15) is 12.3 Å². The predicted molar refractivity (Wildman–Crippen MR) is 93.0 cm³/mol. The Bertz CT molecular complexity index is 805. The number of carbonyl (C=O) groups excluding carboxylic acids is 2. The highest BCUT2D eigenvalue weighted by Gasteiger charge is 2.14. The van der Waals surface area contributed by atoms with E-state index in [0.29, 0.717) is 18.0 Å². The first-order valence-corrected chi connectivity index (χ1v) is 8.78. The van der Waals surface area contributed by atoms with Gasteiger partial charge < -0.3 is 14.0 Å². The fourth-order valence-corrected chi connectivity index (χ4v) is 3.17. The van der Waals surface area contributed by atoms with Crippen molar-refractivity contribution in [3.05, 3.63) is 23.0 Å². The number of rotatable bonds is 6. The molecule has 1 aromatic heterocycles. The van der Waals surface area contributed by atoms with Gasteiger partial charge in [0.25, 0.3) is 5.91 Å². The topological polar surface area (TPSA) is 69.9 Å². The normalized spacial score (nSPS) is 12.0. The Hall–Kier alpha value is -2.15. The Morgan fingerprint density at radius 3 is 2.62 bits per heavy atom. The average Bonchev–Trinajstić information content (AvgIpc) is 2.84. The Labute approximate surface area is 144 Å². The predicted octanol–water partition coefficient (Wildman–Crippen LogP) is 2.75. The first kappa shape index (κ1) is 18.2. The lowest BCUT2D eigenvalue weighted by Gasteiger charge is -2.06. The smallest absolute Gasteiger partial charge is 0.326 e. The van der Waals surface area contributed by atoms with Crippen molar-refractivity contribution in [3.63, 3.8) is 0 Å². The monoisotopic (exact) mass is 350 g/mol. The highest BCUT2D eigenvalue weighted by Crippen LogP contribution is 2.23. The van der Waals surface area contributed by atoms with Crippen molar-refractivity contribution in [2.24, 2.45) is 10.9 Å². The van der Waals surface area contributed by atoms with Crippen LogP contribution in [-0.4, -0.2) is 29.7 Å². The van der Waals surface area contributed by atoms with Crippen molar-refractivity contribution in [2.75, 3.05) is 13.2 Å². The Morgan fingerprint density at radius 2 is 2.00 bits per heavy atom. The van der Waals surface area contributed by atoms with Gasteiger partial charge in [-0.2, -0.15) is 4.99 Å². The minimum Gasteiger partial charge on any atom is -0.494 e. The number of fused-ring (bicyclic) bond motifs is 1. The fourth-order valence-electron chi connectivity index (χ4n) is 2.11. The van der Waals surface area contributed by atoms with Crippen LogP contribution in [0.1, 0.15) is 27.7 Å². The number of hydrogen-bond acceptors (Lipinski definition) is 5. The van der Waals surface area contributed by atoms with Crippen LogP contribution in [-0.2, 0) is 20.9 Å². The summed E-state index contributed by atoms with van der Waals surface area (Å²) in [6, 6.07) is 5.60. The third-order valence-corrected chi connectivity index (χ3v) is 4.30. The zero-order chi connectivity index (χ0) is 17.7. The fraction of sp³-hybridized carbons (Fsp3) is 0.471. The number of benzene rings is 1. The lowest BCUT2D eigenvalue weighted by Crippen LogP contribution is -2.23. The van der Waals surface area contributed by atoms with E-state index >= 15 is 0 Å². The molecule has 0 fully saturated rings. The summed E-state index contributed by atoms with van der Waals surface area (Å²) in [5.41, 5.74) is 0.826. The van der Waals surface area contributed by atoms with Gasteiger partial charge in [-0.15, -0.1) is 0 Å². The molecule has 0 saturated heterocycles. The van der Waals surface area contributed by atoms with E-state index in [-0.39, 0.29) is 24.3 Å². The van der Waals surface area contributed by atoms with E-state index in [0.717, 1.165) is 16.0 Å². The second kappa shape index (κ2) is 8.10. The third-order valence-electron chi connectivity index (χ3n) is 3.26. The maximum Gasteiger partial charge on any atom is 0.326 e. The molecule has 0 radical (unpaired) electrons. The lowest BCUT2D eigenvalue weighted by molar-refractivity contribution is -0.143. The van der Waals surface area contributed by atoms with Crippen LogP contribution >= 0.6 is 11.3 Å². The number of thiazole rings is 1. The van der Waals surface area contributed by atoms with Gasteiger partial charge >= 0.3 is 5.97 Å². The number of nitrogens with zero attached hydrogens (tertiary/aromatic N) is 2. The van der Waals surface area contributed by atoms with Crippen LogP contribution in [0.25, 0.3) is 10.2 Å². The maximum absolute atomic E-state index is 12.0. The summed E-state index contributed by atoms with van der Waals surface area (Å²) in [5, 5.41) is 0. The SMILES string of the molecule is CCOC(=O)Cn1c(=NC(=O)C(C)C)sc2cc(OCC)ccc21. The van der Waals surface area contributed by atoms with Crippen molar-refractivity contribution < 1.29 is 19.1 Å². The summed E-state index contributed by atoms with van der Waals surface area (Å²) in [7, 11) is 0. The maximum atomic E-state index is 12.0. The molecule has 6 nitrogen and oxygen atoms in total. The van der Waals surface area contributed by atoms with Crippen LogP contribution in [0.15, 0.2) is 23.2 Å². The van der Waals surface area contributed by atoms with Gasteiger partial charge in [0, 0.05) is 5.92 Å². The van der Waals surface area contributed by atoms with Gasteiger partial charge in [-0.05, 0) is 32.0 Å². The lowest BCUT2D eigenvalue weighted by atomic mass is 10.2. The van der Waals surface area contributed by atoms with E-state index in [9.17, 15) is 9.59 Å². The highest BCUT2D eigenvalue weighted by atomic mass is 32.1. The van der Waals surface area contributed by atoms with E-state index < -0.39 is 0 Å². The van der Waals surface area contributed by atoms with Crippen LogP contribution < -0.4 is 9.54 Å². The molecule has 0 N–H and O–H groups in total. The van der Waals surface area contributed by atoms with Crippen LogP contribution in [0.4, 0.5) is 0 Å². The largest absolute Gasteiger partial charge is 0.494 e. The first-order valence-electron chi connectivity index (χ1n) is 7.96. The van der Waals surface area contributed by atoms with E-state index in [1.54, 1.807) is 25.3 Å². The third kappa shape index (κ3) is 4.23. The van der Waals surface area contributed by atoms with Crippen LogP contribution in [0.3, 0.4) is 0 Å². The number of amides is 1. The summed E-state index contributed by atoms with van der Waals surface area (Å²) in [5.74, 6) is -0.0322. The molecule has 130 valence electrons. The quantitative estimate of drug-likeness (QED) is 0.751. The zero-order valence-corrected chi connectivity index (χ0v) is 15.2. The summed E-state index contributed by atoms with van der Waals surface area (Å²) in [4.78, 5) is 28.6. The summed E-state index contributed by atoms with van der Waals surface area (Å²) in [6.45, 7) is 8.17. The van der Waals surface area contributed by atoms with Gasteiger partial charge in [0.05, 0.1) is 23.4 Å². The van der Waals surface area contributed by atoms with Crippen molar-refractivity contribution in [2.45, 2.75) is 34.2 Å². The molecule has 0 spiro atoms. The van der Waals surface area contributed by atoms with E-state index in [4.69, 9.17) is 9.47 Å². The molecular formula is C17H22N2O4S. The molecule has 2 aromatic rings. The summed E-state index contributed by atoms with van der Waals surface area (Å²) in [6.07, 6.45) is 0. The highest BCUT2D eigenvalue weighted by molar-refractivity contribution is 7.16. The summed E-state index contributed by atoms with van der Waals surface area (Å²) < 4.78 is 13.2. The summed E-state index contributed by atoms with van der Waals surface area (Å²) >= 11 is 1.36. The molecule has 0 saturated carbocycles. The van der Waals surface area contributed by atoms with Crippen LogP contribution in [0.2, 0.25) is 0 Å². The van der Waals surface area contributed by atoms with Crippen LogP contribution in [0.5, 0.6) is 5.75 Å². The number of carbonyl (C=O) groups is 2. The minimum atomic E-state index is -0.357. The molecule has 0 bridgehead atoms. The molecule has 1 aromatic carbocycles. The minimum absolute atomic E-state index is 0.0199. The van der Waals surface area contributed by atoms with E-state index in [1.165, 1.54) is 11.3 Å². The van der Waals surface area contributed by atoms with Gasteiger partial charge in [-0.25, -0.2) is 0 Å². The number of hydrogen-bond donors (Lipinski definition) is 0. The molecule has 1 heterocycles. The van der Waals surface area contributed by atoms with E-state index in [2.05, 4.69) is 4.99 Å². The number of aromatic nitrogens is 1. The van der Waals surface area contributed by atoms with Crippen LogP contribution in [0, 0.1) is 5.92 Å². The van der Waals surface area contributed by atoms with Gasteiger partial charge in [-0.3, -0.25) is 9.59 Å². The number of esters is 1. The van der Waals surface area contributed by atoms with Gasteiger partial charge in [0.2, 0.25) is 0 Å². The molecule has 0 aliphatic heterocycles. The molecule has 0 aliphatic rings. The molecule has 7 heteroatoms. The average molecular weight is 350 g/mol. The Balaban J connectivity index is 2.56. The molecule has 24 heavy (non-hydrogen) atoms. The second-order valence-corrected chi connectivity index (χ2v) is 6.45. The molecule has 0 aliphatic carbocycles. The molecule has 0 atom stereocenters. The second-order valence-electron chi connectivity index (χ2n) is 5.44. The Kier molecular flexibility index (Phi) is 6.14. The van der Waals surface area contributed by atoms with Crippen molar-refractivity contribution in [1.29, 1.82) is 0 Å². The van der Waals surface area contributed by atoms with Crippen molar-refractivity contribution >= 4 is 33.4 Å². The standard InChI is InChI=1S/C17H22N2O4S/c1-5-22-12-7-8-13-14(9-12)24-17(18-16(21)11(3)4)19(13)10-15(20)23-6-2/h7-9,11H,5-6,10H2,1-4H3. The zero-order valence-electron chi connectivity index (χ0n) is 14.4. The first-order chi connectivity index (χ1) is 11.5. The Morgan fingerprint density at radius 1 is 1.25 bits per heavy atom. The molecule has 2 rings (SSSR count). The number of ether oxygens (including phenoxy) is 2. The van der Waals surface area contributed by atoms with E-state index in [1.807, 2.05) is 25.1 Å². The van der Waals surface area contributed by atoms with Gasteiger partial charge in [0.15, 0.2) is 4.80 Å². The van der Waals surface area contributed by atoms with Crippen molar-refractivity contribution in [3.8, 4) is 5.75 Å². The van der Waals surface area contributed by atoms with Crippen molar-refractivity contribution in [1.82, 2.24) is 4.57 Å². The van der Waals surface area contributed by atoms with Gasteiger partial charge in [-0.1, -0.05) is 25.2 Å². The molecule has 1 amide bonds. The molecular weight excluding hydrogens is 328 g/mol. The molecule has 0 unspecified atom stereocenters.